The van der Waals surface area contributed by atoms with Crippen LogP contribution in [0.15, 0.2) is 72.8 Å². The van der Waals surface area contributed by atoms with Gasteiger partial charge in [0.2, 0.25) is 11.8 Å². The minimum Gasteiger partial charge on any atom is -0.354 e. The highest BCUT2D eigenvalue weighted by Gasteiger charge is 2.30. The molecule has 0 spiro atoms. The maximum Gasteiger partial charge on any atom is 0.243 e. The lowest BCUT2D eigenvalue weighted by molar-refractivity contribution is -0.140. The van der Waals surface area contributed by atoms with Crippen molar-refractivity contribution < 1.29 is 9.59 Å². The molecule has 0 aliphatic rings. The number of amides is 2. The SMILES string of the molecule is CCCCNC(=O)[C@H](Cc1ccccc1)N(Cc1cccc(Cl)c1)C(=O)Cc1ccc(Cl)cc1Cl. The number of hydrogen-bond donors (Lipinski definition) is 1. The van der Waals surface area contributed by atoms with E-state index in [0.717, 1.165) is 24.0 Å². The van der Waals surface area contributed by atoms with Crippen molar-refractivity contribution in [2.24, 2.45) is 0 Å². The van der Waals surface area contributed by atoms with E-state index in [9.17, 15) is 9.59 Å². The fourth-order valence-corrected chi connectivity index (χ4v) is 4.51. The molecule has 0 radical (unpaired) electrons. The molecule has 3 aromatic carbocycles. The summed E-state index contributed by atoms with van der Waals surface area (Å²) in [6.45, 7) is 2.87. The van der Waals surface area contributed by atoms with E-state index in [2.05, 4.69) is 12.2 Å². The molecule has 0 unspecified atom stereocenters. The zero-order valence-electron chi connectivity index (χ0n) is 19.6. The van der Waals surface area contributed by atoms with E-state index in [-0.39, 0.29) is 24.8 Å². The van der Waals surface area contributed by atoms with Gasteiger partial charge in [-0.2, -0.15) is 0 Å². The zero-order chi connectivity index (χ0) is 25.2. The minimum atomic E-state index is -0.702. The van der Waals surface area contributed by atoms with Gasteiger partial charge in [0.15, 0.2) is 0 Å². The molecule has 35 heavy (non-hydrogen) atoms. The summed E-state index contributed by atoms with van der Waals surface area (Å²) < 4.78 is 0. The van der Waals surface area contributed by atoms with Crippen LogP contribution in [0.1, 0.15) is 36.5 Å². The second kappa shape index (κ2) is 13.5. The van der Waals surface area contributed by atoms with Crippen molar-refractivity contribution in [2.75, 3.05) is 6.54 Å². The van der Waals surface area contributed by atoms with E-state index in [1.165, 1.54) is 0 Å². The van der Waals surface area contributed by atoms with Crippen molar-refractivity contribution in [1.82, 2.24) is 10.2 Å². The highest BCUT2D eigenvalue weighted by atomic mass is 35.5. The van der Waals surface area contributed by atoms with Crippen LogP contribution >= 0.6 is 34.8 Å². The average molecular weight is 532 g/mol. The van der Waals surface area contributed by atoms with Crippen molar-refractivity contribution in [1.29, 1.82) is 0 Å². The third-order valence-electron chi connectivity index (χ3n) is 5.70. The van der Waals surface area contributed by atoms with E-state index < -0.39 is 6.04 Å². The van der Waals surface area contributed by atoms with Gasteiger partial charge in [0, 0.05) is 34.6 Å². The molecule has 0 aliphatic carbocycles. The summed E-state index contributed by atoms with van der Waals surface area (Å²) in [5.74, 6) is -0.388. The standard InChI is InChI=1S/C28H29Cl3N2O2/c1-2-3-14-32-28(35)26(16-20-8-5-4-6-9-20)33(19-21-10-7-11-23(29)15-21)27(34)17-22-12-13-24(30)18-25(22)31/h4-13,15,18,26H,2-3,14,16-17,19H2,1H3,(H,32,35)/t26-/m0/s1. The van der Waals surface area contributed by atoms with Crippen LogP contribution in [-0.2, 0) is 29.0 Å². The highest BCUT2D eigenvalue weighted by Crippen LogP contribution is 2.24. The maximum absolute atomic E-state index is 13.7. The number of carbonyl (C=O) groups excluding carboxylic acids is 2. The van der Waals surface area contributed by atoms with Crippen molar-refractivity contribution in [2.45, 2.75) is 45.2 Å². The zero-order valence-corrected chi connectivity index (χ0v) is 21.9. The Morgan fingerprint density at radius 1 is 0.886 bits per heavy atom. The number of carbonyl (C=O) groups is 2. The Balaban J connectivity index is 1.96. The Kier molecular flexibility index (Phi) is 10.5. The number of nitrogens with zero attached hydrogens (tertiary/aromatic N) is 1. The van der Waals surface area contributed by atoms with Crippen molar-refractivity contribution >= 4 is 46.6 Å². The molecule has 1 N–H and O–H groups in total. The van der Waals surface area contributed by atoms with Gasteiger partial charge in [0.25, 0.3) is 0 Å². The van der Waals surface area contributed by atoms with Gasteiger partial charge in [-0.05, 0) is 47.4 Å². The topological polar surface area (TPSA) is 49.4 Å². The number of benzene rings is 3. The van der Waals surface area contributed by atoms with Crippen LogP contribution < -0.4 is 5.32 Å². The van der Waals surface area contributed by atoms with Crippen LogP contribution in [0.3, 0.4) is 0 Å². The van der Waals surface area contributed by atoms with Crippen LogP contribution in [0.5, 0.6) is 0 Å². The Morgan fingerprint density at radius 2 is 1.60 bits per heavy atom. The second-order valence-electron chi connectivity index (χ2n) is 8.41. The molecule has 3 rings (SSSR count). The number of hydrogen-bond acceptors (Lipinski definition) is 2. The molecule has 1 atom stereocenters. The van der Waals surface area contributed by atoms with Gasteiger partial charge >= 0.3 is 0 Å². The normalized spacial score (nSPS) is 11.7. The monoisotopic (exact) mass is 530 g/mol. The molecule has 4 nitrogen and oxygen atoms in total. The molecule has 0 saturated heterocycles. The lowest BCUT2D eigenvalue weighted by Gasteiger charge is -2.32. The molecule has 7 heteroatoms. The number of rotatable bonds is 11. The van der Waals surface area contributed by atoms with Gasteiger partial charge in [-0.3, -0.25) is 9.59 Å². The first-order chi connectivity index (χ1) is 16.9. The van der Waals surface area contributed by atoms with Crippen LogP contribution in [-0.4, -0.2) is 29.3 Å². The molecule has 0 aromatic heterocycles. The minimum absolute atomic E-state index is 0.0457. The Hall–Kier alpha value is -2.53. The quantitative estimate of drug-likeness (QED) is 0.278. The number of nitrogens with one attached hydrogen (secondary N) is 1. The molecular weight excluding hydrogens is 503 g/mol. The molecule has 3 aromatic rings. The van der Waals surface area contributed by atoms with Gasteiger partial charge < -0.3 is 10.2 Å². The Bertz CT molecular complexity index is 1140. The first kappa shape index (κ1) is 27.1. The first-order valence-electron chi connectivity index (χ1n) is 11.7. The summed E-state index contributed by atoms with van der Waals surface area (Å²) in [5.41, 5.74) is 2.46. The van der Waals surface area contributed by atoms with E-state index in [0.29, 0.717) is 33.6 Å². The maximum atomic E-state index is 13.7. The van der Waals surface area contributed by atoms with E-state index >= 15 is 0 Å². The molecule has 2 amide bonds. The Morgan fingerprint density at radius 3 is 2.29 bits per heavy atom. The average Bonchev–Trinajstić information content (AvgIpc) is 2.84. The molecule has 0 heterocycles. The second-order valence-corrected chi connectivity index (χ2v) is 9.69. The summed E-state index contributed by atoms with van der Waals surface area (Å²) >= 11 is 18.6. The molecule has 0 fully saturated rings. The molecule has 0 saturated carbocycles. The van der Waals surface area contributed by atoms with Crippen molar-refractivity contribution in [3.05, 3.63) is 105 Å². The summed E-state index contributed by atoms with van der Waals surface area (Å²) in [6, 6.07) is 21.4. The summed E-state index contributed by atoms with van der Waals surface area (Å²) in [5, 5.41) is 4.51. The number of unbranched alkanes of at least 4 members (excludes halogenated alkanes) is 1. The molecule has 184 valence electrons. The van der Waals surface area contributed by atoms with E-state index in [4.69, 9.17) is 34.8 Å². The van der Waals surface area contributed by atoms with E-state index in [1.807, 2.05) is 48.5 Å². The molecule has 0 bridgehead atoms. The van der Waals surface area contributed by atoms with Crippen LogP contribution in [0, 0.1) is 0 Å². The lowest BCUT2D eigenvalue weighted by Crippen LogP contribution is -2.51. The predicted molar refractivity (Wildman–Crippen MR) is 144 cm³/mol. The predicted octanol–water partition coefficient (Wildman–Crippen LogP) is 6.75. The van der Waals surface area contributed by atoms with Crippen LogP contribution in [0.4, 0.5) is 0 Å². The fourth-order valence-electron chi connectivity index (χ4n) is 3.82. The summed E-state index contributed by atoms with van der Waals surface area (Å²) in [7, 11) is 0. The van der Waals surface area contributed by atoms with Crippen molar-refractivity contribution in [3.8, 4) is 0 Å². The van der Waals surface area contributed by atoms with Gasteiger partial charge in [0.05, 0.1) is 6.42 Å². The Labute approximate surface area is 222 Å². The third kappa shape index (κ3) is 8.28. The van der Waals surface area contributed by atoms with Gasteiger partial charge in [-0.1, -0.05) is 96.7 Å². The van der Waals surface area contributed by atoms with Crippen LogP contribution in [0.25, 0.3) is 0 Å². The highest BCUT2D eigenvalue weighted by molar-refractivity contribution is 6.35. The van der Waals surface area contributed by atoms with Gasteiger partial charge in [-0.25, -0.2) is 0 Å². The summed E-state index contributed by atoms with van der Waals surface area (Å²) in [6.07, 6.45) is 2.26. The fraction of sp³-hybridized carbons (Fsp3) is 0.286. The third-order valence-corrected chi connectivity index (χ3v) is 6.52. The van der Waals surface area contributed by atoms with Gasteiger partial charge in [-0.15, -0.1) is 0 Å². The lowest BCUT2D eigenvalue weighted by atomic mass is 10.0. The van der Waals surface area contributed by atoms with Gasteiger partial charge in [0.1, 0.15) is 6.04 Å². The van der Waals surface area contributed by atoms with E-state index in [1.54, 1.807) is 29.2 Å². The molecule has 0 aliphatic heterocycles. The van der Waals surface area contributed by atoms with Crippen molar-refractivity contribution in [3.63, 3.8) is 0 Å². The summed E-state index contributed by atoms with van der Waals surface area (Å²) in [4.78, 5) is 28.8. The smallest absolute Gasteiger partial charge is 0.243 e. The largest absolute Gasteiger partial charge is 0.354 e. The molecular formula is C28H29Cl3N2O2. The first-order valence-corrected chi connectivity index (χ1v) is 12.8. The van der Waals surface area contributed by atoms with Crippen LogP contribution in [0.2, 0.25) is 15.1 Å². The number of halogens is 3.